The smallest absolute Gasteiger partial charge is 0.0590 e. The van der Waals surface area contributed by atoms with Crippen LogP contribution in [-0.2, 0) is 0 Å². The summed E-state index contributed by atoms with van der Waals surface area (Å²) >= 11 is 7.69. The number of hydrogen-bond donors (Lipinski definition) is 1. The highest BCUT2D eigenvalue weighted by atomic mass is 127. The number of benzene rings is 1. The van der Waals surface area contributed by atoms with Crippen LogP contribution in [0.3, 0.4) is 0 Å². The van der Waals surface area contributed by atoms with Crippen molar-refractivity contribution in [1.82, 2.24) is 0 Å². The van der Waals surface area contributed by atoms with Crippen LogP contribution < -0.4 is 5.32 Å². The van der Waals surface area contributed by atoms with Crippen LogP contribution in [0, 0.1) is 3.57 Å². The van der Waals surface area contributed by atoms with Crippen LogP contribution in [-0.4, -0.2) is 0 Å². The predicted octanol–water partition coefficient (Wildman–Crippen LogP) is 5.29. The van der Waals surface area contributed by atoms with Crippen molar-refractivity contribution in [3.63, 3.8) is 0 Å². The number of rotatable bonds is 3. The Kier molecular flexibility index (Phi) is 4.27. The summed E-state index contributed by atoms with van der Waals surface area (Å²) in [6.07, 6.45) is 0. The zero-order valence-corrected chi connectivity index (χ0v) is 13.3. The van der Waals surface area contributed by atoms with Crippen LogP contribution in [0.2, 0.25) is 0 Å². The fourth-order valence-corrected chi connectivity index (χ4v) is 3.76. The summed E-state index contributed by atoms with van der Waals surface area (Å²) in [7, 11) is 0. The van der Waals surface area contributed by atoms with Crippen LogP contribution >= 0.6 is 49.9 Å². The molecule has 0 saturated heterocycles. The molecule has 0 saturated carbocycles. The van der Waals surface area contributed by atoms with Crippen LogP contribution in [0.15, 0.2) is 40.2 Å². The van der Waals surface area contributed by atoms with Gasteiger partial charge >= 0.3 is 0 Å². The number of anilines is 1. The molecular formula is C12H11BrINS. The normalized spacial score (nSPS) is 12.4. The quantitative estimate of drug-likeness (QED) is 0.681. The average molecular weight is 408 g/mol. The van der Waals surface area contributed by atoms with Gasteiger partial charge in [-0.3, -0.25) is 0 Å². The van der Waals surface area contributed by atoms with E-state index in [1.54, 1.807) is 11.3 Å². The van der Waals surface area contributed by atoms with Crippen molar-refractivity contribution >= 4 is 55.5 Å². The van der Waals surface area contributed by atoms with Crippen molar-refractivity contribution in [2.24, 2.45) is 0 Å². The SMILES string of the molecule is CC(Nc1ccccc1I)c1sccc1Br. The molecule has 16 heavy (non-hydrogen) atoms. The molecule has 2 rings (SSSR count). The highest BCUT2D eigenvalue weighted by molar-refractivity contribution is 14.1. The lowest BCUT2D eigenvalue weighted by Gasteiger charge is -2.15. The minimum atomic E-state index is 0.324. The Hall–Kier alpha value is -0.0700. The van der Waals surface area contributed by atoms with Gasteiger partial charge in [0.2, 0.25) is 0 Å². The van der Waals surface area contributed by atoms with Gasteiger partial charge in [-0.15, -0.1) is 11.3 Å². The molecule has 0 radical (unpaired) electrons. The summed E-state index contributed by atoms with van der Waals surface area (Å²) in [4.78, 5) is 1.33. The van der Waals surface area contributed by atoms with Crippen LogP contribution in [0.25, 0.3) is 0 Å². The molecule has 1 aromatic heterocycles. The minimum absolute atomic E-state index is 0.324. The molecule has 0 aliphatic heterocycles. The van der Waals surface area contributed by atoms with Crippen LogP contribution in [0.1, 0.15) is 17.8 Å². The molecule has 2 aromatic rings. The van der Waals surface area contributed by atoms with Crippen molar-refractivity contribution in [2.45, 2.75) is 13.0 Å². The Morgan fingerprint density at radius 3 is 2.69 bits per heavy atom. The Morgan fingerprint density at radius 1 is 1.31 bits per heavy atom. The van der Waals surface area contributed by atoms with Crippen molar-refractivity contribution in [2.75, 3.05) is 5.32 Å². The highest BCUT2D eigenvalue weighted by Gasteiger charge is 2.11. The number of nitrogens with one attached hydrogen (secondary N) is 1. The van der Waals surface area contributed by atoms with Gasteiger partial charge in [-0.05, 0) is 69.0 Å². The number of hydrogen-bond acceptors (Lipinski definition) is 2. The van der Waals surface area contributed by atoms with Crippen LogP contribution in [0.4, 0.5) is 5.69 Å². The van der Waals surface area contributed by atoms with Gasteiger partial charge in [-0.25, -0.2) is 0 Å². The third-order valence-electron chi connectivity index (χ3n) is 2.28. The average Bonchev–Trinajstić information content (AvgIpc) is 2.68. The zero-order chi connectivity index (χ0) is 11.5. The summed E-state index contributed by atoms with van der Waals surface area (Å²) in [5, 5.41) is 5.63. The summed E-state index contributed by atoms with van der Waals surface area (Å²) in [5.41, 5.74) is 1.19. The molecule has 0 aliphatic rings. The monoisotopic (exact) mass is 407 g/mol. The molecule has 4 heteroatoms. The van der Waals surface area contributed by atoms with E-state index in [1.807, 2.05) is 0 Å². The summed E-state index contributed by atoms with van der Waals surface area (Å²) in [6.45, 7) is 2.18. The van der Waals surface area contributed by atoms with Gasteiger partial charge in [0.05, 0.1) is 6.04 Å². The van der Waals surface area contributed by atoms with Crippen LogP contribution in [0.5, 0.6) is 0 Å². The third-order valence-corrected chi connectivity index (χ3v) is 5.28. The molecule has 1 nitrogen and oxygen atoms in total. The Bertz CT molecular complexity index is 483. The van der Waals surface area contributed by atoms with E-state index < -0.39 is 0 Å². The van der Waals surface area contributed by atoms with Crippen molar-refractivity contribution in [3.05, 3.63) is 48.6 Å². The van der Waals surface area contributed by atoms with Gasteiger partial charge in [0.15, 0.2) is 0 Å². The van der Waals surface area contributed by atoms with Gasteiger partial charge in [-0.1, -0.05) is 12.1 Å². The fraction of sp³-hybridized carbons (Fsp3) is 0.167. The van der Waals surface area contributed by atoms with E-state index in [4.69, 9.17) is 0 Å². The number of para-hydroxylation sites is 1. The topological polar surface area (TPSA) is 12.0 Å². The van der Waals surface area contributed by atoms with Crippen molar-refractivity contribution in [3.8, 4) is 0 Å². The molecule has 0 aliphatic carbocycles. The Balaban J connectivity index is 2.17. The summed E-state index contributed by atoms with van der Waals surface area (Å²) in [5.74, 6) is 0. The molecule has 1 aromatic carbocycles. The third kappa shape index (κ3) is 2.78. The zero-order valence-electron chi connectivity index (χ0n) is 8.71. The second-order valence-corrected chi connectivity index (χ2v) is 6.44. The highest BCUT2D eigenvalue weighted by Crippen LogP contribution is 2.31. The molecule has 0 bridgehead atoms. The lowest BCUT2D eigenvalue weighted by molar-refractivity contribution is 0.902. The van der Waals surface area contributed by atoms with E-state index in [0.717, 1.165) is 0 Å². The summed E-state index contributed by atoms with van der Waals surface area (Å²) in [6, 6.07) is 10.7. The largest absolute Gasteiger partial charge is 0.377 e. The molecule has 0 spiro atoms. The van der Waals surface area contributed by atoms with E-state index >= 15 is 0 Å². The van der Waals surface area contributed by atoms with Gasteiger partial charge in [0, 0.05) is 18.6 Å². The van der Waals surface area contributed by atoms with Gasteiger partial charge in [-0.2, -0.15) is 0 Å². The molecule has 1 heterocycles. The standard InChI is InChI=1S/C12H11BrINS/c1-8(12-9(13)6-7-16-12)15-11-5-3-2-4-10(11)14/h2-8,15H,1H3. The molecule has 1 atom stereocenters. The molecule has 0 fully saturated rings. The maximum absolute atomic E-state index is 3.57. The van der Waals surface area contributed by atoms with E-state index in [9.17, 15) is 0 Å². The van der Waals surface area contributed by atoms with E-state index in [2.05, 4.69) is 86.5 Å². The molecule has 1 unspecified atom stereocenters. The first-order valence-corrected chi connectivity index (χ1v) is 7.67. The number of thiophene rings is 1. The van der Waals surface area contributed by atoms with Crippen molar-refractivity contribution in [1.29, 1.82) is 0 Å². The minimum Gasteiger partial charge on any atom is -0.377 e. The number of halogens is 2. The van der Waals surface area contributed by atoms with Gasteiger partial charge < -0.3 is 5.32 Å². The van der Waals surface area contributed by atoms with E-state index in [0.29, 0.717) is 6.04 Å². The second-order valence-electron chi connectivity index (χ2n) is 3.48. The maximum atomic E-state index is 3.57. The molecule has 0 amide bonds. The lowest BCUT2D eigenvalue weighted by Crippen LogP contribution is -2.06. The first-order chi connectivity index (χ1) is 7.68. The van der Waals surface area contributed by atoms with Gasteiger partial charge in [0.25, 0.3) is 0 Å². The first-order valence-electron chi connectivity index (χ1n) is 4.92. The molecule has 84 valence electrons. The van der Waals surface area contributed by atoms with Crippen molar-refractivity contribution < 1.29 is 0 Å². The van der Waals surface area contributed by atoms with Gasteiger partial charge in [0.1, 0.15) is 0 Å². The second kappa shape index (κ2) is 5.51. The Morgan fingerprint density at radius 2 is 2.06 bits per heavy atom. The van der Waals surface area contributed by atoms with E-state index in [-0.39, 0.29) is 0 Å². The molecular weight excluding hydrogens is 397 g/mol. The fourth-order valence-electron chi connectivity index (χ4n) is 1.49. The lowest BCUT2D eigenvalue weighted by atomic mass is 10.2. The Labute approximate surface area is 122 Å². The predicted molar refractivity (Wildman–Crippen MR) is 83.2 cm³/mol. The van der Waals surface area contributed by atoms with E-state index in [1.165, 1.54) is 18.6 Å². The first kappa shape index (κ1) is 12.4. The molecule has 1 N–H and O–H groups in total. The maximum Gasteiger partial charge on any atom is 0.0590 e. The summed E-state index contributed by atoms with van der Waals surface area (Å²) < 4.78 is 2.43.